The van der Waals surface area contributed by atoms with E-state index in [2.05, 4.69) is 17.1 Å². The molecule has 0 bridgehead atoms. The molecule has 0 radical (unpaired) electrons. The Balaban J connectivity index is 1.59. The van der Waals surface area contributed by atoms with Crippen LogP contribution >= 0.6 is 0 Å². The number of likely N-dealkylation sites (tertiary alicyclic amines) is 1. The van der Waals surface area contributed by atoms with E-state index >= 15 is 0 Å². The zero-order valence-corrected chi connectivity index (χ0v) is 9.26. The van der Waals surface area contributed by atoms with Gasteiger partial charge in [-0.1, -0.05) is 6.92 Å². The highest BCUT2D eigenvalue weighted by Gasteiger charge is 2.43. The Labute approximate surface area is 87.0 Å². The van der Waals surface area contributed by atoms with Crippen molar-refractivity contribution in [3.63, 3.8) is 0 Å². The molecule has 2 nitrogen and oxygen atoms in total. The molecule has 3 rings (SSSR count). The first-order valence-corrected chi connectivity index (χ1v) is 6.27. The van der Waals surface area contributed by atoms with Gasteiger partial charge < -0.3 is 5.32 Å². The van der Waals surface area contributed by atoms with Gasteiger partial charge in [0, 0.05) is 24.7 Å². The molecule has 0 amide bonds. The van der Waals surface area contributed by atoms with Crippen LogP contribution in [0.25, 0.3) is 0 Å². The van der Waals surface area contributed by atoms with Crippen molar-refractivity contribution in [2.24, 2.45) is 5.92 Å². The second-order valence-corrected chi connectivity index (χ2v) is 5.77. The van der Waals surface area contributed by atoms with Crippen LogP contribution in [0, 0.1) is 5.92 Å². The van der Waals surface area contributed by atoms with Gasteiger partial charge >= 0.3 is 0 Å². The highest BCUT2D eigenvalue weighted by molar-refractivity contribution is 5.03. The smallest absolute Gasteiger partial charge is 0.0196 e. The third-order valence-corrected chi connectivity index (χ3v) is 4.52. The van der Waals surface area contributed by atoms with Crippen LogP contribution in [-0.4, -0.2) is 36.1 Å². The van der Waals surface area contributed by atoms with Crippen LogP contribution in [0.1, 0.15) is 39.0 Å². The number of piperidine rings is 1. The van der Waals surface area contributed by atoms with Gasteiger partial charge in [0.1, 0.15) is 0 Å². The quantitative estimate of drug-likeness (QED) is 0.682. The fraction of sp³-hybridized carbons (Fsp3) is 1.00. The zero-order chi connectivity index (χ0) is 9.60. The van der Waals surface area contributed by atoms with E-state index in [-0.39, 0.29) is 0 Å². The molecule has 1 unspecified atom stereocenters. The largest absolute Gasteiger partial charge is 0.311 e. The van der Waals surface area contributed by atoms with E-state index in [4.69, 9.17) is 0 Å². The minimum atomic E-state index is 0.585. The molecule has 2 heteroatoms. The molecule has 1 aliphatic carbocycles. The molecule has 14 heavy (non-hydrogen) atoms. The summed E-state index contributed by atoms with van der Waals surface area (Å²) in [4.78, 5) is 2.71. The Morgan fingerprint density at radius 1 is 1.29 bits per heavy atom. The third kappa shape index (κ3) is 1.40. The molecule has 2 saturated heterocycles. The van der Waals surface area contributed by atoms with Gasteiger partial charge in [-0.15, -0.1) is 0 Å². The number of rotatable bonds is 1. The SMILES string of the molecule is CC1CN(C2CCNC3(CCC3)C2)C1. The highest BCUT2D eigenvalue weighted by atomic mass is 15.2. The summed E-state index contributed by atoms with van der Waals surface area (Å²) in [6.07, 6.45) is 7.14. The topological polar surface area (TPSA) is 15.3 Å². The summed E-state index contributed by atoms with van der Waals surface area (Å²) < 4.78 is 0. The van der Waals surface area contributed by atoms with Gasteiger partial charge in [-0.05, 0) is 44.6 Å². The molecule has 2 heterocycles. The second kappa shape index (κ2) is 3.21. The van der Waals surface area contributed by atoms with Crippen LogP contribution in [-0.2, 0) is 0 Å². The summed E-state index contributed by atoms with van der Waals surface area (Å²) in [5.41, 5.74) is 0.585. The monoisotopic (exact) mass is 194 g/mol. The Hall–Kier alpha value is -0.0800. The Morgan fingerprint density at radius 2 is 2.07 bits per heavy atom. The van der Waals surface area contributed by atoms with Crippen molar-refractivity contribution < 1.29 is 0 Å². The van der Waals surface area contributed by atoms with Crippen LogP contribution < -0.4 is 5.32 Å². The number of nitrogens with one attached hydrogen (secondary N) is 1. The first kappa shape index (κ1) is 9.17. The average molecular weight is 194 g/mol. The molecule has 3 fully saturated rings. The third-order valence-electron chi connectivity index (χ3n) is 4.52. The predicted molar refractivity (Wildman–Crippen MR) is 58.3 cm³/mol. The lowest BCUT2D eigenvalue weighted by molar-refractivity contribution is 0.00344. The highest BCUT2D eigenvalue weighted by Crippen LogP contribution is 2.40. The minimum absolute atomic E-state index is 0.585. The molecule has 0 aromatic heterocycles. The second-order valence-electron chi connectivity index (χ2n) is 5.77. The number of nitrogens with zero attached hydrogens (tertiary/aromatic N) is 1. The normalized spacial score (nSPS) is 37.9. The van der Waals surface area contributed by atoms with Crippen molar-refractivity contribution in [2.45, 2.75) is 50.6 Å². The van der Waals surface area contributed by atoms with Crippen LogP contribution in [0.4, 0.5) is 0 Å². The fourth-order valence-corrected chi connectivity index (χ4v) is 3.47. The van der Waals surface area contributed by atoms with Crippen molar-refractivity contribution in [3.8, 4) is 0 Å². The first-order chi connectivity index (χ1) is 6.77. The lowest BCUT2D eigenvalue weighted by Gasteiger charge is -2.53. The summed E-state index contributed by atoms with van der Waals surface area (Å²) >= 11 is 0. The van der Waals surface area contributed by atoms with E-state index in [9.17, 15) is 0 Å². The first-order valence-electron chi connectivity index (χ1n) is 6.27. The minimum Gasteiger partial charge on any atom is -0.311 e. The van der Waals surface area contributed by atoms with E-state index in [1.165, 1.54) is 51.7 Å². The van der Waals surface area contributed by atoms with Gasteiger partial charge in [-0.3, -0.25) is 4.90 Å². The summed E-state index contributed by atoms with van der Waals surface area (Å²) in [5.74, 6) is 0.960. The zero-order valence-electron chi connectivity index (χ0n) is 9.26. The maximum absolute atomic E-state index is 3.75. The molecule has 1 spiro atoms. The fourth-order valence-electron chi connectivity index (χ4n) is 3.47. The van der Waals surface area contributed by atoms with E-state index in [0.29, 0.717) is 5.54 Å². The lowest BCUT2D eigenvalue weighted by atomic mass is 9.69. The summed E-state index contributed by atoms with van der Waals surface area (Å²) in [6.45, 7) is 6.35. The Bertz CT molecular complexity index is 216. The predicted octanol–water partition coefficient (Wildman–Crippen LogP) is 1.61. The number of hydrogen-bond acceptors (Lipinski definition) is 2. The van der Waals surface area contributed by atoms with Gasteiger partial charge in [0.05, 0.1) is 0 Å². The van der Waals surface area contributed by atoms with Crippen LogP contribution in [0.2, 0.25) is 0 Å². The molecule has 1 N–H and O–H groups in total. The van der Waals surface area contributed by atoms with E-state index in [1.54, 1.807) is 0 Å². The van der Waals surface area contributed by atoms with Crippen LogP contribution in [0.3, 0.4) is 0 Å². The average Bonchev–Trinajstić information content (AvgIpc) is 2.11. The molecule has 1 saturated carbocycles. The lowest BCUT2D eigenvalue weighted by Crippen LogP contribution is -2.62. The maximum Gasteiger partial charge on any atom is 0.0196 e. The molecular formula is C12H22N2. The van der Waals surface area contributed by atoms with Crippen LogP contribution in [0.15, 0.2) is 0 Å². The van der Waals surface area contributed by atoms with Crippen molar-refractivity contribution in [2.75, 3.05) is 19.6 Å². The molecule has 3 aliphatic rings. The molecule has 2 aliphatic heterocycles. The van der Waals surface area contributed by atoms with Crippen molar-refractivity contribution >= 4 is 0 Å². The summed E-state index contributed by atoms with van der Waals surface area (Å²) in [5, 5.41) is 3.75. The molecule has 0 aromatic rings. The maximum atomic E-state index is 3.75. The summed E-state index contributed by atoms with van der Waals surface area (Å²) in [7, 11) is 0. The Kier molecular flexibility index (Phi) is 2.10. The van der Waals surface area contributed by atoms with Crippen molar-refractivity contribution in [1.82, 2.24) is 10.2 Å². The molecule has 0 aromatic carbocycles. The Morgan fingerprint density at radius 3 is 2.64 bits per heavy atom. The van der Waals surface area contributed by atoms with Gasteiger partial charge in [-0.2, -0.15) is 0 Å². The molecule has 80 valence electrons. The van der Waals surface area contributed by atoms with Gasteiger partial charge in [0.25, 0.3) is 0 Å². The van der Waals surface area contributed by atoms with Gasteiger partial charge in [-0.25, -0.2) is 0 Å². The van der Waals surface area contributed by atoms with Crippen LogP contribution in [0.5, 0.6) is 0 Å². The molecule has 1 atom stereocenters. The van der Waals surface area contributed by atoms with Gasteiger partial charge in [0.15, 0.2) is 0 Å². The van der Waals surface area contributed by atoms with Gasteiger partial charge in [0.2, 0.25) is 0 Å². The van der Waals surface area contributed by atoms with E-state index in [1.807, 2.05) is 0 Å². The van der Waals surface area contributed by atoms with E-state index in [0.717, 1.165) is 12.0 Å². The van der Waals surface area contributed by atoms with E-state index < -0.39 is 0 Å². The van der Waals surface area contributed by atoms with Crippen molar-refractivity contribution in [1.29, 1.82) is 0 Å². The van der Waals surface area contributed by atoms with Crippen molar-refractivity contribution in [3.05, 3.63) is 0 Å². The standard InChI is InChI=1S/C12H22N2/c1-10-8-14(9-10)11-3-6-13-12(7-11)4-2-5-12/h10-11,13H,2-9H2,1H3. The molecular weight excluding hydrogens is 172 g/mol. The number of hydrogen-bond donors (Lipinski definition) is 1. The summed E-state index contributed by atoms with van der Waals surface area (Å²) in [6, 6.07) is 0.910.